The topological polar surface area (TPSA) is 58.7 Å². The van der Waals surface area contributed by atoms with Crippen LogP contribution in [0.15, 0.2) is 6.07 Å². The first-order valence-corrected chi connectivity index (χ1v) is 6.76. The van der Waals surface area contributed by atoms with Crippen LogP contribution in [0.5, 0.6) is 11.5 Å². The van der Waals surface area contributed by atoms with E-state index in [-0.39, 0.29) is 5.75 Å². The van der Waals surface area contributed by atoms with Gasteiger partial charge in [0.15, 0.2) is 11.5 Å². The van der Waals surface area contributed by atoms with E-state index in [0.717, 1.165) is 30.6 Å². The molecule has 1 fully saturated rings. The summed E-state index contributed by atoms with van der Waals surface area (Å²) in [5.74, 6) is 1.40. The maximum absolute atomic E-state index is 10.1. The average Bonchev–Trinajstić information content (AvgIpc) is 2.76. The number of methoxy groups -OCH3 is 1. The molecule has 3 N–H and O–H groups in total. The Labute approximate surface area is 115 Å². The van der Waals surface area contributed by atoms with Gasteiger partial charge in [-0.1, -0.05) is 6.07 Å². The third kappa shape index (κ3) is 2.42. The van der Waals surface area contributed by atoms with Gasteiger partial charge in [-0.2, -0.15) is 0 Å². The summed E-state index contributed by atoms with van der Waals surface area (Å²) in [6.07, 6.45) is 1.07. The van der Waals surface area contributed by atoms with Crippen molar-refractivity contribution in [2.45, 2.75) is 26.3 Å². The van der Waals surface area contributed by atoms with E-state index in [4.69, 9.17) is 10.5 Å². The summed E-state index contributed by atoms with van der Waals surface area (Å²) in [5.41, 5.74) is 8.93. The Morgan fingerprint density at radius 3 is 2.68 bits per heavy atom. The number of phenols is 1. The van der Waals surface area contributed by atoms with Gasteiger partial charge in [0.2, 0.25) is 0 Å². The van der Waals surface area contributed by atoms with E-state index in [1.54, 1.807) is 7.11 Å². The van der Waals surface area contributed by atoms with Gasteiger partial charge in [-0.15, -0.1) is 0 Å². The first-order valence-electron chi connectivity index (χ1n) is 6.76. The zero-order valence-corrected chi connectivity index (χ0v) is 12.2. The Kier molecular flexibility index (Phi) is 4.02. The molecular weight excluding hydrogens is 240 g/mol. The van der Waals surface area contributed by atoms with Crippen molar-refractivity contribution in [3.63, 3.8) is 0 Å². The van der Waals surface area contributed by atoms with Crippen LogP contribution in [-0.2, 0) is 0 Å². The van der Waals surface area contributed by atoms with Crippen molar-refractivity contribution < 1.29 is 9.84 Å². The first-order chi connectivity index (χ1) is 8.99. The highest BCUT2D eigenvalue weighted by atomic mass is 16.5. The van der Waals surface area contributed by atoms with Crippen molar-refractivity contribution in [3.8, 4) is 11.5 Å². The van der Waals surface area contributed by atoms with E-state index in [1.165, 1.54) is 5.56 Å². The van der Waals surface area contributed by atoms with E-state index in [2.05, 4.69) is 18.0 Å². The number of benzene rings is 1. The molecule has 1 aliphatic rings. The third-order valence-corrected chi connectivity index (χ3v) is 4.27. The molecule has 0 radical (unpaired) electrons. The zero-order chi connectivity index (χ0) is 14.2. The van der Waals surface area contributed by atoms with Gasteiger partial charge in [0, 0.05) is 12.6 Å². The quantitative estimate of drug-likeness (QED) is 0.876. The summed E-state index contributed by atoms with van der Waals surface area (Å²) in [4.78, 5) is 2.34. The molecule has 0 bridgehead atoms. The van der Waals surface area contributed by atoms with Crippen LogP contribution in [0.1, 0.15) is 29.2 Å². The molecule has 106 valence electrons. The van der Waals surface area contributed by atoms with Gasteiger partial charge >= 0.3 is 0 Å². The second-order valence-electron chi connectivity index (χ2n) is 5.58. The number of hydrogen-bond donors (Lipinski definition) is 2. The smallest absolute Gasteiger partial charge is 0.163 e. The minimum atomic E-state index is 0.250. The predicted octanol–water partition coefficient (Wildman–Crippen LogP) is 1.97. The van der Waals surface area contributed by atoms with Crippen molar-refractivity contribution in [1.29, 1.82) is 0 Å². The Morgan fingerprint density at radius 2 is 2.16 bits per heavy atom. The van der Waals surface area contributed by atoms with Crippen LogP contribution in [0.2, 0.25) is 0 Å². The lowest BCUT2D eigenvalue weighted by molar-refractivity contribution is 0.309. The maximum atomic E-state index is 10.1. The fourth-order valence-corrected chi connectivity index (χ4v) is 3.13. The van der Waals surface area contributed by atoms with Crippen LogP contribution in [-0.4, -0.2) is 37.3 Å². The summed E-state index contributed by atoms with van der Waals surface area (Å²) >= 11 is 0. The summed E-state index contributed by atoms with van der Waals surface area (Å²) in [6, 6.07) is 2.44. The van der Waals surface area contributed by atoms with E-state index >= 15 is 0 Å². The SMILES string of the molecule is COc1c(C)c(C2CC(CN)CN2C)cc(C)c1O. The van der Waals surface area contributed by atoms with Gasteiger partial charge in [-0.3, -0.25) is 4.90 Å². The van der Waals surface area contributed by atoms with Crippen molar-refractivity contribution in [2.75, 3.05) is 27.2 Å². The number of nitrogens with two attached hydrogens (primary N) is 1. The number of ether oxygens (including phenoxy) is 1. The molecule has 4 nitrogen and oxygen atoms in total. The monoisotopic (exact) mass is 264 g/mol. The summed E-state index contributed by atoms with van der Waals surface area (Å²) in [5, 5.41) is 10.1. The Morgan fingerprint density at radius 1 is 1.47 bits per heavy atom. The molecule has 1 aromatic rings. The van der Waals surface area contributed by atoms with Crippen molar-refractivity contribution in [1.82, 2.24) is 4.90 Å². The lowest BCUT2D eigenvalue weighted by atomic mass is 9.93. The van der Waals surface area contributed by atoms with E-state index < -0.39 is 0 Å². The van der Waals surface area contributed by atoms with Crippen molar-refractivity contribution in [3.05, 3.63) is 22.8 Å². The fraction of sp³-hybridized carbons (Fsp3) is 0.600. The molecule has 1 aromatic carbocycles. The normalized spacial score (nSPS) is 23.8. The molecule has 0 spiro atoms. The van der Waals surface area contributed by atoms with Gasteiger partial charge in [-0.05, 0) is 56.5 Å². The van der Waals surface area contributed by atoms with Crippen LogP contribution < -0.4 is 10.5 Å². The molecule has 4 heteroatoms. The number of phenolic OH excluding ortho intramolecular Hbond substituents is 1. The number of nitrogens with zero attached hydrogens (tertiary/aromatic N) is 1. The summed E-state index contributed by atoms with van der Waals surface area (Å²) in [7, 11) is 3.74. The number of aryl methyl sites for hydroxylation is 1. The highest BCUT2D eigenvalue weighted by molar-refractivity contribution is 5.54. The van der Waals surface area contributed by atoms with Gasteiger partial charge in [0.05, 0.1) is 7.11 Å². The van der Waals surface area contributed by atoms with Crippen LogP contribution in [0.3, 0.4) is 0 Å². The van der Waals surface area contributed by atoms with E-state index in [9.17, 15) is 5.11 Å². The zero-order valence-electron chi connectivity index (χ0n) is 12.2. The molecule has 2 atom stereocenters. The molecule has 1 saturated heterocycles. The molecule has 0 aliphatic carbocycles. The lowest BCUT2D eigenvalue weighted by Crippen LogP contribution is -2.21. The standard InChI is InChI=1S/C15H24N2O2/c1-9-5-12(10(2)15(19-4)14(9)18)13-6-11(7-16)8-17(13)3/h5,11,13,18H,6-8,16H2,1-4H3. The molecule has 1 heterocycles. The van der Waals surface area contributed by atoms with Crippen LogP contribution in [0, 0.1) is 19.8 Å². The highest BCUT2D eigenvalue weighted by Crippen LogP contribution is 2.42. The second-order valence-corrected chi connectivity index (χ2v) is 5.58. The summed E-state index contributed by atoms with van der Waals surface area (Å²) < 4.78 is 5.35. The number of aromatic hydroxyl groups is 1. The maximum Gasteiger partial charge on any atom is 0.163 e. The third-order valence-electron chi connectivity index (χ3n) is 4.27. The minimum Gasteiger partial charge on any atom is -0.504 e. The van der Waals surface area contributed by atoms with Gasteiger partial charge in [0.1, 0.15) is 0 Å². The molecule has 1 aliphatic heterocycles. The van der Waals surface area contributed by atoms with Gasteiger partial charge < -0.3 is 15.6 Å². The predicted molar refractivity (Wildman–Crippen MR) is 76.7 cm³/mol. The Bertz CT molecular complexity index is 474. The summed E-state index contributed by atoms with van der Waals surface area (Å²) in [6.45, 7) is 5.68. The van der Waals surface area contributed by atoms with Crippen molar-refractivity contribution in [2.24, 2.45) is 11.7 Å². The largest absolute Gasteiger partial charge is 0.504 e. The van der Waals surface area contributed by atoms with E-state index in [0.29, 0.717) is 17.7 Å². The van der Waals surface area contributed by atoms with Gasteiger partial charge in [0.25, 0.3) is 0 Å². The fourth-order valence-electron chi connectivity index (χ4n) is 3.13. The number of rotatable bonds is 3. The molecule has 0 aromatic heterocycles. The van der Waals surface area contributed by atoms with E-state index in [1.807, 2.05) is 13.8 Å². The molecular formula is C15H24N2O2. The van der Waals surface area contributed by atoms with Crippen LogP contribution in [0.4, 0.5) is 0 Å². The molecule has 0 amide bonds. The molecule has 19 heavy (non-hydrogen) atoms. The lowest BCUT2D eigenvalue weighted by Gasteiger charge is -2.24. The number of likely N-dealkylation sites (tertiary alicyclic amines) is 1. The van der Waals surface area contributed by atoms with Gasteiger partial charge in [-0.25, -0.2) is 0 Å². The highest BCUT2D eigenvalue weighted by Gasteiger charge is 2.32. The van der Waals surface area contributed by atoms with Crippen LogP contribution in [0.25, 0.3) is 0 Å². The van der Waals surface area contributed by atoms with Crippen molar-refractivity contribution >= 4 is 0 Å². The first kappa shape index (κ1) is 14.2. The minimum absolute atomic E-state index is 0.250. The average molecular weight is 264 g/mol. The molecule has 0 saturated carbocycles. The molecule has 2 rings (SSSR count). The van der Waals surface area contributed by atoms with Crippen LogP contribution >= 0.6 is 0 Å². The molecule has 2 unspecified atom stereocenters. The second kappa shape index (κ2) is 5.39. The Balaban J connectivity index is 2.43. The Hall–Kier alpha value is -1.26. The number of hydrogen-bond acceptors (Lipinski definition) is 4.